The van der Waals surface area contributed by atoms with Crippen molar-refractivity contribution < 1.29 is 14.6 Å². The van der Waals surface area contributed by atoms with E-state index >= 15 is 0 Å². The molecule has 0 aliphatic carbocycles. The summed E-state index contributed by atoms with van der Waals surface area (Å²) in [6.45, 7) is 0.590. The van der Waals surface area contributed by atoms with Crippen LogP contribution in [0.4, 0.5) is 0 Å². The molecule has 7 heteroatoms. The number of phenolic OH excluding ortho intramolecular Hbond substituents is 1. The normalized spacial score (nSPS) is 11.1. The van der Waals surface area contributed by atoms with Crippen LogP contribution in [0, 0.1) is 0 Å². The van der Waals surface area contributed by atoms with Gasteiger partial charge in [-0.05, 0) is 52.7 Å². The third kappa shape index (κ3) is 5.26. The van der Waals surface area contributed by atoms with Gasteiger partial charge in [0.15, 0.2) is 0 Å². The molecule has 5 rings (SSSR count). The van der Waals surface area contributed by atoms with Crippen LogP contribution in [-0.2, 0) is 6.42 Å². The lowest BCUT2D eigenvalue weighted by molar-refractivity contribution is 0.0950. The van der Waals surface area contributed by atoms with E-state index in [0.717, 1.165) is 28.5 Å². The molecule has 0 aliphatic heterocycles. The Morgan fingerprint density at radius 3 is 2.58 bits per heavy atom. The number of hydrazone groups is 1. The molecular weight excluding hydrogens is 452 g/mol. The number of carbonyl (C=O) groups is 1. The van der Waals surface area contributed by atoms with Gasteiger partial charge in [-0.3, -0.25) is 9.89 Å². The number of nitrogens with zero attached hydrogens (tertiary/aromatic N) is 2. The highest BCUT2D eigenvalue weighted by Gasteiger charge is 2.11. The van der Waals surface area contributed by atoms with E-state index in [0.29, 0.717) is 17.9 Å². The number of ether oxygens (including phenoxy) is 1. The van der Waals surface area contributed by atoms with E-state index in [1.165, 1.54) is 11.8 Å². The maximum atomic E-state index is 12.5. The summed E-state index contributed by atoms with van der Waals surface area (Å²) in [6, 6.07) is 30.5. The van der Waals surface area contributed by atoms with E-state index in [4.69, 9.17) is 4.74 Å². The molecule has 4 aromatic carbocycles. The fraction of sp³-hybridized carbons (Fsp3) is 0.0690. The molecule has 5 aromatic rings. The van der Waals surface area contributed by atoms with Gasteiger partial charge in [-0.2, -0.15) is 10.2 Å². The van der Waals surface area contributed by atoms with E-state index in [2.05, 4.69) is 32.9 Å². The molecule has 0 saturated carbocycles. The number of rotatable bonds is 8. The monoisotopic (exact) mass is 476 g/mol. The Morgan fingerprint density at radius 2 is 1.75 bits per heavy atom. The first kappa shape index (κ1) is 22.9. The van der Waals surface area contributed by atoms with Crippen LogP contribution < -0.4 is 10.2 Å². The first-order valence-corrected chi connectivity index (χ1v) is 11.5. The van der Waals surface area contributed by atoms with Crippen molar-refractivity contribution in [2.24, 2.45) is 5.10 Å². The highest BCUT2D eigenvalue weighted by atomic mass is 16.5. The molecule has 1 amide bonds. The number of H-pyrrole nitrogens is 1. The van der Waals surface area contributed by atoms with Crippen molar-refractivity contribution in [3.05, 3.63) is 114 Å². The highest BCUT2D eigenvalue weighted by molar-refractivity contribution is 6.03. The molecule has 7 nitrogen and oxygen atoms in total. The quantitative estimate of drug-likeness (QED) is 0.208. The molecule has 3 N–H and O–H groups in total. The Balaban J connectivity index is 1.19. The predicted molar refractivity (Wildman–Crippen MR) is 140 cm³/mol. The summed E-state index contributed by atoms with van der Waals surface area (Å²) >= 11 is 0. The van der Waals surface area contributed by atoms with E-state index < -0.39 is 5.91 Å². The van der Waals surface area contributed by atoms with Gasteiger partial charge in [0.2, 0.25) is 0 Å². The number of amides is 1. The van der Waals surface area contributed by atoms with E-state index in [1.807, 2.05) is 72.8 Å². The van der Waals surface area contributed by atoms with Crippen molar-refractivity contribution >= 4 is 22.9 Å². The van der Waals surface area contributed by atoms with Gasteiger partial charge < -0.3 is 9.84 Å². The molecule has 0 fully saturated rings. The van der Waals surface area contributed by atoms with Crippen molar-refractivity contribution in [3.63, 3.8) is 0 Å². The van der Waals surface area contributed by atoms with Gasteiger partial charge in [-0.1, -0.05) is 60.7 Å². The minimum atomic E-state index is -0.439. The summed E-state index contributed by atoms with van der Waals surface area (Å²) in [4.78, 5) is 12.5. The summed E-state index contributed by atoms with van der Waals surface area (Å²) < 4.78 is 5.83. The summed E-state index contributed by atoms with van der Waals surface area (Å²) in [5, 5.41) is 23.0. The number of benzene rings is 4. The van der Waals surface area contributed by atoms with Crippen LogP contribution in [0.15, 0.2) is 102 Å². The van der Waals surface area contributed by atoms with E-state index in [1.54, 1.807) is 12.1 Å². The van der Waals surface area contributed by atoms with Crippen molar-refractivity contribution in [2.75, 3.05) is 6.61 Å². The summed E-state index contributed by atoms with van der Waals surface area (Å²) in [5.74, 6) is 0.419. The van der Waals surface area contributed by atoms with Crippen LogP contribution in [0.3, 0.4) is 0 Å². The molecule has 1 heterocycles. The third-order valence-electron chi connectivity index (χ3n) is 5.78. The molecule has 0 saturated heterocycles. The zero-order valence-corrected chi connectivity index (χ0v) is 19.4. The lowest BCUT2D eigenvalue weighted by Crippen LogP contribution is -2.18. The fourth-order valence-electron chi connectivity index (χ4n) is 3.87. The number of fused-ring (bicyclic) bond motifs is 1. The molecule has 0 aliphatic rings. The molecule has 0 bridgehead atoms. The standard InChI is InChI=1S/C29H24N4O3/c34-28-15-12-21-8-4-5-9-24(21)25(28)19-30-33-29(35)27-18-26(31-32-27)22-10-13-23(14-11-22)36-17-16-20-6-2-1-3-7-20/h1-15,18-19,34H,16-17H2,(H,31,32)(H,33,35)/b30-19-. The average Bonchev–Trinajstić information content (AvgIpc) is 3.41. The zero-order valence-electron chi connectivity index (χ0n) is 19.4. The Kier molecular flexibility index (Phi) is 6.71. The first-order valence-electron chi connectivity index (χ1n) is 11.5. The number of phenols is 1. The molecule has 0 spiro atoms. The van der Waals surface area contributed by atoms with Gasteiger partial charge in [0.1, 0.15) is 17.2 Å². The predicted octanol–water partition coefficient (Wildman–Crippen LogP) is 5.32. The van der Waals surface area contributed by atoms with Crippen LogP contribution in [-0.4, -0.2) is 34.0 Å². The number of hydrogen-bond donors (Lipinski definition) is 3. The van der Waals surface area contributed by atoms with Crippen LogP contribution in [0.5, 0.6) is 11.5 Å². The number of aromatic hydroxyl groups is 1. The molecule has 0 atom stereocenters. The Bertz CT molecular complexity index is 1510. The van der Waals surface area contributed by atoms with Gasteiger partial charge in [0.05, 0.1) is 18.5 Å². The van der Waals surface area contributed by atoms with Crippen molar-refractivity contribution in [1.82, 2.24) is 15.6 Å². The smallest absolute Gasteiger partial charge is 0.289 e. The number of aromatic amines is 1. The highest BCUT2D eigenvalue weighted by Crippen LogP contribution is 2.25. The number of hydrogen-bond acceptors (Lipinski definition) is 5. The lowest BCUT2D eigenvalue weighted by Gasteiger charge is -2.06. The van der Waals surface area contributed by atoms with Gasteiger partial charge >= 0.3 is 0 Å². The second kappa shape index (κ2) is 10.6. The third-order valence-corrected chi connectivity index (χ3v) is 5.78. The zero-order chi connectivity index (χ0) is 24.7. The molecule has 1 aromatic heterocycles. The van der Waals surface area contributed by atoms with Crippen molar-refractivity contribution in [3.8, 4) is 22.8 Å². The maximum Gasteiger partial charge on any atom is 0.289 e. The topological polar surface area (TPSA) is 99.6 Å². The largest absolute Gasteiger partial charge is 0.507 e. The van der Waals surface area contributed by atoms with Crippen LogP contribution in [0.2, 0.25) is 0 Å². The average molecular weight is 477 g/mol. The number of aromatic nitrogens is 2. The molecular formula is C29H24N4O3. The summed E-state index contributed by atoms with van der Waals surface area (Å²) in [7, 11) is 0. The fourth-order valence-corrected chi connectivity index (χ4v) is 3.87. The lowest BCUT2D eigenvalue weighted by atomic mass is 10.0. The molecule has 0 unspecified atom stereocenters. The van der Waals surface area contributed by atoms with Gasteiger partial charge in [-0.25, -0.2) is 5.43 Å². The van der Waals surface area contributed by atoms with Gasteiger partial charge in [-0.15, -0.1) is 0 Å². The van der Waals surface area contributed by atoms with Gasteiger partial charge in [0.25, 0.3) is 5.91 Å². The molecule has 0 radical (unpaired) electrons. The number of nitrogens with one attached hydrogen (secondary N) is 2. The SMILES string of the molecule is O=C(N/N=C\c1c(O)ccc2ccccc12)c1cc(-c2ccc(OCCc3ccccc3)cc2)n[nH]1. The summed E-state index contributed by atoms with van der Waals surface area (Å²) in [6.07, 6.45) is 2.27. The first-order chi connectivity index (χ1) is 17.7. The Labute approximate surface area is 208 Å². The Morgan fingerprint density at radius 1 is 0.972 bits per heavy atom. The van der Waals surface area contributed by atoms with E-state index in [-0.39, 0.29) is 11.4 Å². The van der Waals surface area contributed by atoms with Crippen LogP contribution in [0.1, 0.15) is 21.6 Å². The number of carbonyl (C=O) groups excluding carboxylic acids is 1. The second-order valence-corrected chi connectivity index (χ2v) is 8.19. The maximum absolute atomic E-state index is 12.5. The van der Waals surface area contributed by atoms with Crippen molar-refractivity contribution in [2.45, 2.75) is 6.42 Å². The second-order valence-electron chi connectivity index (χ2n) is 8.19. The van der Waals surface area contributed by atoms with Crippen molar-refractivity contribution in [1.29, 1.82) is 0 Å². The summed E-state index contributed by atoms with van der Waals surface area (Å²) in [5.41, 5.74) is 6.00. The Hall–Kier alpha value is -4.91. The van der Waals surface area contributed by atoms with E-state index in [9.17, 15) is 9.90 Å². The van der Waals surface area contributed by atoms with Gasteiger partial charge in [0, 0.05) is 17.5 Å². The van der Waals surface area contributed by atoms with Crippen LogP contribution in [0.25, 0.3) is 22.0 Å². The minimum absolute atomic E-state index is 0.0861. The molecule has 36 heavy (non-hydrogen) atoms. The molecule has 178 valence electrons. The van der Waals surface area contributed by atoms with Crippen LogP contribution >= 0.6 is 0 Å². The minimum Gasteiger partial charge on any atom is -0.507 e.